The van der Waals surface area contributed by atoms with Crippen LogP contribution < -0.4 is 10.6 Å². The fraction of sp³-hybridized carbons (Fsp3) is 0.500. The normalized spacial score (nSPS) is 20.0. The molecular weight excluding hydrogens is 496 g/mol. The van der Waals surface area contributed by atoms with Gasteiger partial charge in [-0.3, -0.25) is 9.59 Å². The minimum atomic E-state index is -0.519. The fourth-order valence-corrected chi connectivity index (χ4v) is 7.07. The predicted octanol–water partition coefficient (Wildman–Crippen LogP) is 4.79. The number of hydrogen-bond acceptors (Lipinski definition) is 6. The van der Waals surface area contributed by atoms with Crippen LogP contribution in [0.1, 0.15) is 67.8 Å². The van der Waals surface area contributed by atoms with Crippen molar-refractivity contribution >= 4 is 33.9 Å². The molecule has 0 radical (unpaired) electrons. The Hall–Kier alpha value is -2.81. The van der Waals surface area contributed by atoms with Gasteiger partial charge >= 0.3 is 0 Å². The first kappa shape index (κ1) is 26.8. The van der Waals surface area contributed by atoms with Crippen molar-refractivity contribution in [3.63, 3.8) is 0 Å². The molecule has 3 N–H and O–H groups in total. The average molecular weight is 535 g/mol. The van der Waals surface area contributed by atoms with E-state index in [0.29, 0.717) is 6.54 Å². The van der Waals surface area contributed by atoms with Gasteiger partial charge in [-0.25, -0.2) is 4.98 Å². The molecule has 2 aromatic carbocycles. The summed E-state index contributed by atoms with van der Waals surface area (Å²) in [6.07, 6.45) is 7.01. The van der Waals surface area contributed by atoms with Crippen LogP contribution in [0.5, 0.6) is 0 Å². The molecule has 3 atom stereocenters. The van der Waals surface area contributed by atoms with Gasteiger partial charge in [0, 0.05) is 12.1 Å². The van der Waals surface area contributed by atoms with Gasteiger partial charge in [0.15, 0.2) is 0 Å². The SMILES string of the molecule is CN[C@@H](C)C(=O)N[C@H](C(=O)N1CCC[C@H]1c1nc(-c2cccc3ccccc23)c(CO)s1)C1CCCCC1. The number of amides is 2. The number of likely N-dealkylation sites (tertiary alicyclic amines) is 1. The Morgan fingerprint density at radius 1 is 1.08 bits per heavy atom. The van der Waals surface area contributed by atoms with E-state index >= 15 is 0 Å². The van der Waals surface area contributed by atoms with Crippen LogP contribution in [0.4, 0.5) is 0 Å². The third-order valence-corrected chi connectivity index (χ3v) is 9.38. The molecule has 0 spiro atoms. The smallest absolute Gasteiger partial charge is 0.246 e. The maximum atomic E-state index is 14.1. The van der Waals surface area contributed by atoms with Crippen LogP contribution in [0.25, 0.3) is 22.0 Å². The third-order valence-electron chi connectivity index (χ3n) is 8.23. The monoisotopic (exact) mass is 534 g/mol. The highest BCUT2D eigenvalue weighted by Gasteiger charge is 2.40. The van der Waals surface area contributed by atoms with E-state index in [9.17, 15) is 14.7 Å². The largest absolute Gasteiger partial charge is 0.391 e. The number of benzene rings is 2. The molecule has 38 heavy (non-hydrogen) atoms. The Labute approximate surface area is 228 Å². The first-order chi connectivity index (χ1) is 18.5. The highest BCUT2D eigenvalue weighted by molar-refractivity contribution is 7.12. The molecule has 2 aliphatic rings. The summed E-state index contributed by atoms with van der Waals surface area (Å²) in [6.45, 7) is 2.37. The van der Waals surface area contributed by atoms with Crippen LogP contribution in [0.3, 0.4) is 0 Å². The predicted molar refractivity (Wildman–Crippen MR) is 152 cm³/mol. The molecule has 2 amide bonds. The number of rotatable bonds is 8. The van der Waals surface area contributed by atoms with Crippen LogP contribution in [-0.2, 0) is 16.2 Å². The Kier molecular flexibility index (Phi) is 8.41. The molecule has 1 saturated carbocycles. The van der Waals surface area contributed by atoms with E-state index in [2.05, 4.69) is 34.9 Å². The first-order valence-corrected chi connectivity index (χ1v) is 14.7. The lowest BCUT2D eigenvalue weighted by atomic mass is 9.83. The maximum absolute atomic E-state index is 14.1. The maximum Gasteiger partial charge on any atom is 0.246 e. The van der Waals surface area contributed by atoms with E-state index in [1.54, 1.807) is 7.05 Å². The van der Waals surface area contributed by atoms with Gasteiger partial charge in [-0.05, 0) is 56.3 Å². The molecule has 8 heteroatoms. The number of hydrogen-bond donors (Lipinski definition) is 3. The van der Waals surface area contributed by atoms with Crippen molar-refractivity contribution < 1.29 is 14.7 Å². The summed E-state index contributed by atoms with van der Waals surface area (Å²) in [5, 5.41) is 19.4. The van der Waals surface area contributed by atoms with Gasteiger partial charge in [0.2, 0.25) is 11.8 Å². The number of nitrogens with one attached hydrogen (secondary N) is 2. The van der Waals surface area contributed by atoms with Crippen molar-refractivity contribution in [2.24, 2.45) is 5.92 Å². The molecule has 1 aliphatic carbocycles. The number of aliphatic hydroxyl groups is 1. The van der Waals surface area contributed by atoms with E-state index < -0.39 is 6.04 Å². The molecule has 1 aromatic heterocycles. The highest BCUT2D eigenvalue weighted by atomic mass is 32.1. The van der Waals surface area contributed by atoms with Gasteiger partial charge in [-0.1, -0.05) is 61.7 Å². The fourth-order valence-electron chi connectivity index (χ4n) is 5.99. The minimum absolute atomic E-state index is 0.00325. The van der Waals surface area contributed by atoms with Crippen LogP contribution in [0.2, 0.25) is 0 Å². The minimum Gasteiger partial charge on any atom is -0.391 e. The zero-order chi connectivity index (χ0) is 26.6. The molecule has 3 aromatic rings. The number of aliphatic hydroxyl groups excluding tert-OH is 1. The van der Waals surface area contributed by atoms with Crippen LogP contribution in [-0.4, -0.2) is 52.5 Å². The molecule has 0 bridgehead atoms. The summed E-state index contributed by atoms with van der Waals surface area (Å²) < 4.78 is 0. The topological polar surface area (TPSA) is 94.6 Å². The van der Waals surface area contributed by atoms with E-state index in [1.807, 2.05) is 30.0 Å². The molecule has 7 nitrogen and oxygen atoms in total. The molecule has 0 unspecified atom stereocenters. The number of likely N-dealkylation sites (N-methyl/N-ethyl adjacent to an activating group) is 1. The van der Waals surface area contributed by atoms with Crippen LogP contribution in [0.15, 0.2) is 42.5 Å². The Morgan fingerprint density at radius 3 is 2.61 bits per heavy atom. The van der Waals surface area contributed by atoms with Crippen molar-refractivity contribution in [3.05, 3.63) is 52.3 Å². The lowest BCUT2D eigenvalue weighted by Gasteiger charge is -2.35. The molecular formula is C30H38N4O3S. The Balaban J connectivity index is 1.45. The Morgan fingerprint density at radius 2 is 1.84 bits per heavy atom. The van der Waals surface area contributed by atoms with Crippen LogP contribution in [0, 0.1) is 5.92 Å². The summed E-state index contributed by atoms with van der Waals surface area (Å²) in [5.74, 6) is 0.0202. The summed E-state index contributed by atoms with van der Waals surface area (Å²) in [6, 6.07) is 13.3. The average Bonchev–Trinajstić information content (AvgIpc) is 3.62. The van der Waals surface area contributed by atoms with Crippen molar-refractivity contribution in [2.75, 3.05) is 13.6 Å². The second-order valence-corrected chi connectivity index (χ2v) is 11.7. The number of fused-ring (bicyclic) bond motifs is 1. The summed E-state index contributed by atoms with van der Waals surface area (Å²) in [7, 11) is 1.76. The van der Waals surface area contributed by atoms with Gasteiger partial charge in [0.25, 0.3) is 0 Å². The second-order valence-electron chi connectivity index (χ2n) is 10.6. The van der Waals surface area contributed by atoms with Gasteiger partial charge in [-0.2, -0.15) is 0 Å². The lowest BCUT2D eigenvalue weighted by molar-refractivity contribution is -0.139. The molecule has 202 valence electrons. The number of carbonyl (C=O) groups excluding carboxylic acids is 2. The summed E-state index contributed by atoms with van der Waals surface area (Å²) in [4.78, 5) is 34.8. The van der Waals surface area contributed by atoms with Gasteiger partial charge in [-0.15, -0.1) is 11.3 Å². The third kappa shape index (κ3) is 5.35. The van der Waals surface area contributed by atoms with Gasteiger partial charge in [0.1, 0.15) is 11.0 Å². The van der Waals surface area contributed by atoms with Gasteiger partial charge in [0.05, 0.1) is 29.3 Å². The second kappa shape index (κ2) is 11.9. The van der Waals surface area contributed by atoms with E-state index in [0.717, 1.165) is 70.4 Å². The molecule has 5 rings (SSSR count). The number of thiazole rings is 1. The standard InChI is InChI=1S/C30H38N4O3S/c1-19(31-2)28(36)32-26(21-11-4-3-5-12-21)30(37)34-17-9-16-24(34)29-33-27(25(18-35)38-29)23-15-8-13-20-10-6-7-14-22(20)23/h6-8,10,13-15,19,21,24,26,31,35H,3-5,9,11-12,16-18H2,1-2H3,(H,32,36)/t19-,24-,26-/m0/s1. The number of aromatic nitrogens is 1. The molecule has 2 heterocycles. The van der Waals surface area contributed by atoms with Crippen molar-refractivity contribution in [1.82, 2.24) is 20.5 Å². The van der Waals surface area contributed by atoms with Crippen molar-refractivity contribution in [2.45, 2.75) is 76.6 Å². The Bertz CT molecular complexity index is 1280. The number of nitrogens with zero attached hydrogens (tertiary/aromatic N) is 2. The molecule has 1 aliphatic heterocycles. The van der Waals surface area contributed by atoms with Crippen molar-refractivity contribution in [3.8, 4) is 11.3 Å². The number of carbonyl (C=O) groups is 2. The first-order valence-electron chi connectivity index (χ1n) is 13.9. The van der Waals surface area contributed by atoms with Crippen LogP contribution >= 0.6 is 11.3 Å². The molecule has 1 saturated heterocycles. The summed E-state index contributed by atoms with van der Waals surface area (Å²) >= 11 is 1.50. The quantitative estimate of drug-likeness (QED) is 0.386. The van der Waals surface area contributed by atoms with E-state index in [4.69, 9.17) is 4.98 Å². The molecule has 2 fully saturated rings. The zero-order valence-electron chi connectivity index (χ0n) is 22.3. The van der Waals surface area contributed by atoms with E-state index in [1.165, 1.54) is 17.8 Å². The van der Waals surface area contributed by atoms with E-state index in [-0.39, 0.29) is 36.4 Å². The zero-order valence-corrected chi connectivity index (χ0v) is 23.1. The highest BCUT2D eigenvalue weighted by Crippen LogP contribution is 2.41. The van der Waals surface area contributed by atoms with Gasteiger partial charge < -0.3 is 20.6 Å². The summed E-state index contributed by atoms with van der Waals surface area (Å²) in [5.41, 5.74) is 1.79. The lowest BCUT2D eigenvalue weighted by Crippen LogP contribution is -2.55. The van der Waals surface area contributed by atoms with Crippen molar-refractivity contribution in [1.29, 1.82) is 0 Å².